The predicted octanol–water partition coefficient (Wildman–Crippen LogP) is -0.858. The van der Waals surface area contributed by atoms with Crippen LogP contribution in [0.5, 0.6) is 0 Å². The molecule has 30 heavy (non-hydrogen) atoms. The van der Waals surface area contributed by atoms with E-state index < -0.39 is 29.7 Å². The van der Waals surface area contributed by atoms with E-state index in [9.17, 15) is 19.8 Å². The van der Waals surface area contributed by atoms with Gasteiger partial charge in [-0.15, -0.1) is 0 Å². The molecule has 172 valence electrons. The minimum atomic E-state index is -0.870. The molecule has 1 fully saturated rings. The molecule has 11 nitrogen and oxygen atoms in total. The summed E-state index contributed by atoms with van der Waals surface area (Å²) in [4.78, 5) is 26.3. The van der Waals surface area contributed by atoms with Gasteiger partial charge in [-0.25, -0.2) is 4.79 Å². The summed E-state index contributed by atoms with van der Waals surface area (Å²) < 4.78 is 17.7. The van der Waals surface area contributed by atoms with Gasteiger partial charge in [0.25, 0.3) is 5.56 Å². The van der Waals surface area contributed by atoms with Crippen molar-refractivity contribution in [3.63, 3.8) is 0 Å². The highest BCUT2D eigenvalue weighted by atomic mass is 16.5. The highest BCUT2D eigenvalue weighted by Gasteiger charge is 2.35. The number of anilines is 1. The second kappa shape index (κ2) is 13.5. The standard InChI is InChI=1S/C19H34N4O7/c20-5-3-9-28-7-1-2-8-29-10-4-6-21-14-12-23(19(27)22-18(14)26)17-11-15(25)16(13-24)30-17/h12,15-17,21,24-25H,1-11,13,20H2,(H,22,26,27)/t15-,16+,17+/m0/s1. The summed E-state index contributed by atoms with van der Waals surface area (Å²) >= 11 is 0. The van der Waals surface area contributed by atoms with Crippen molar-refractivity contribution < 1.29 is 24.4 Å². The van der Waals surface area contributed by atoms with Crippen LogP contribution in [-0.4, -0.2) is 78.1 Å². The first-order valence-corrected chi connectivity index (χ1v) is 10.5. The second-order valence-electron chi connectivity index (χ2n) is 7.18. The summed E-state index contributed by atoms with van der Waals surface area (Å²) in [6.07, 6.45) is 2.60. The zero-order valence-corrected chi connectivity index (χ0v) is 17.3. The molecule has 1 aromatic rings. The molecule has 0 amide bonds. The molecule has 11 heteroatoms. The lowest BCUT2D eigenvalue weighted by molar-refractivity contribution is -0.0458. The molecule has 2 heterocycles. The van der Waals surface area contributed by atoms with Crippen LogP contribution in [0.25, 0.3) is 0 Å². The quantitative estimate of drug-likeness (QED) is 0.223. The largest absolute Gasteiger partial charge is 0.394 e. The van der Waals surface area contributed by atoms with Gasteiger partial charge in [-0.3, -0.25) is 14.3 Å². The van der Waals surface area contributed by atoms with E-state index in [1.807, 2.05) is 0 Å². The van der Waals surface area contributed by atoms with Crippen molar-refractivity contribution >= 4 is 5.69 Å². The fourth-order valence-corrected chi connectivity index (χ4v) is 3.07. The number of aromatic nitrogens is 2. The maximum absolute atomic E-state index is 12.1. The van der Waals surface area contributed by atoms with Gasteiger partial charge in [-0.2, -0.15) is 0 Å². The number of H-pyrrole nitrogens is 1. The summed E-state index contributed by atoms with van der Waals surface area (Å²) in [6, 6.07) is 0. The van der Waals surface area contributed by atoms with Crippen LogP contribution in [0.2, 0.25) is 0 Å². The number of aliphatic hydroxyl groups excluding tert-OH is 2. The van der Waals surface area contributed by atoms with Crippen molar-refractivity contribution in [2.75, 3.05) is 51.4 Å². The molecule has 1 aromatic heterocycles. The number of nitrogens with one attached hydrogen (secondary N) is 2. The van der Waals surface area contributed by atoms with Gasteiger partial charge in [-0.05, 0) is 32.2 Å². The average molecular weight is 431 g/mol. The van der Waals surface area contributed by atoms with Crippen molar-refractivity contribution in [3.05, 3.63) is 27.0 Å². The molecular weight excluding hydrogens is 396 g/mol. The Labute approximate surface area is 175 Å². The highest BCUT2D eigenvalue weighted by Crippen LogP contribution is 2.27. The molecule has 1 aliphatic rings. The molecule has 0 bridgehead atoms. The van der Waals surface area contributed by atoms with Gasteiger partial charge in [0.1, 0.15) is 18.0 Å². The molecule has 1 aliphatic heterocycles. The zero-order valence-electron chi connectivity index (χ0n) is 17.3. The third-order valence-corrected chi connectivity index (χ3v) is 4.76. The monoisotopic (exact) mass is 430 g/mol. The number of aromatic amines is 1. The molecule has 2 rings (SSSR count). The van der Waals surface area contributed by atoms with Crippen LogP contribution in [0.15, 0.2) is 15.8 Å². The van der Waals surface area contributed by atoms with Crippen LogP contribution in [0.1, 0.15) is 38.3 Å². The minimum Gasteiger partial charge on any atom is -0.394 e. The molecule has 0 spiro atoms. The third-order valence-electron chi connectivity index (χ3n) is 4.76. The van der Waals surface area contributed by atoms with Crippen LogP contribution < -0.4 is 22.3 Å². The third kappa shape index (κ3) is 7.82. The molecule has 1 saturated heterocycles. The van der Waals surface area contributed by atoms with Gasteiger partial charge in [0.05, 0.1) is 12.7 Å². The molecular formula is C19H34N4O7. The van der Waals surface area contributed by atoms with Crippen LogP contribution >= 0.6 is 0 Å². The predicted molar refractivity (Wildman–Crippen MR) is 111 cm³/mol. The maximum atomic E-state index is 12.1. The topological polar surface area (TPSA) is 161 Å². The first-order chi connectivity index (χ1) is 14.6. The van der Waals surface area contributed by atoms with Gasteiger partial charge in [-0.1, -0.05) is 0 Å². The summed E-state index contributed by atoms with van der Waals surface area (Å²) in [5, 5.41) is 22.0. The minimum absolute atomic E-state index is 0.155. The Morgan fingerprint density at radius 3 is 2.47 bits per heavy atom. The normalized spacial score (nSPS) is 21.2. The van der Waals surface area contributed by atoms with Gasteiger partial charge in [0.2, 0.25) is 0 Å². The molecule has 3 atom stereocenters. The molecule has 0 aliphatic carbocycles. The Balaban J connectivity index is 1.67. The van der Waals surface area contributed by atoms with Crippen molar-refractivity contribution in [1.29, 1.82) is 0 Å². The van der Waals surface area contributed by atoms with Crippen molar-refractivity contribution in [2.45, 2.75) is 50.5 Å². The Bertz CT molecular complexity index is 724. The SMILES string of the molecule is NCCCOCCCCOCCCNc1cn([C@H]2C[C@H](O)[C@@H](CO)O2)c(=O)[nH]c1=O. The molecule has 6 N–H and O–H groups in total. The van der Waals surface area contributed by atoms with Crippen LogP contribution in [0.3, 0.4) is 0 Å². The smallest absolute Gasteiger partial charge is 0.330 e. The number of aliphatic hydroxyl groups is 2. The summed E-state index contributed by atoms with van der Waals surface area (Å²) in [7, 11) is 0. The molecule has 0 saturated carbocycles. The summed E-state index contributed by atoms with van der Waals surface area (Å²) in [6.45, 7) is 3.41. The fraction of sp³-hybridized carbons (Fsp3) is 0.789. The lowest BCUT2D eigenvalue weighted by Crippen LogP contribution is -2.34. The number of ether oxygens (including phenoxy) is 3. The lowest BCUT2D eigenvalue weighted by atomic mass is 10.2. The number of rotatable bonds is 15. The lowest BCUT2D eigenvalue weighted by Gasteiger charge is -2.15. The van der Waals surface area contributed by atoms with Crippen molar-refractivity contribution in [1.82, 2.24) is 9.55 Å². The van der Waals surface area contributed by atoms with Crippen LogP contribution in [0, 0.1) is 0 Å². The van der Waals surface area contributed by atoms with E-state index >= 15 is 0 Å². The average Bonchev–Trinajstić information content (AvgIpc) is 3.10. The van der Waals surface area contributed by atoms with E-state index in [1.165, 1.54) is 10.8 Å². The van der Waals surface area contributed by atoms with Crippen LogP contribution in [0.4, 0.5) is 5.69 Å². The van der Waals surface area contributed by atoms with Crippen molar-refractivity contribution in [2.24, 2.45) is 5.73 Å². The molecule has 0 unspecified atom stereocenters. The van der Waals surface area contributed by atoms with E-state index in [2.05, 4.69) is 10.3 Å². The molecule has 0 aromatic carbocycles. The first-order valence-electron chi connectivity index (χ1n) is 10.5. The van der Waals surface area contributed by atoms with E-state index in [1.54, 1.807) is 0 Å². The number of nitrogens with zero attached hydrogens (tertiary/aromatic N) is 1. The van der Waals surface area contributed by atoms with E-state index in [0.29, 0.717) is 45.9 Å². The number of unbranched alkanes of at least 4 members (excludes halogenated alkanes) is 1. The van der Waals surface area contributed by atoms with E-state index in [-0.39, 0.29) is 18.7 Å². The second-order valence-corrected chi connectivity index (χ2v) is 7.18. The van der Waals surface area contributed by atoms with E-state index in [4.69, 9.17) is 19.9 Å². The zero-order chi connectivity index (χ0) is 21.8. The summed E-state index contributed by atoms with van der Waals surface area (Å²) in [5.41, 5.74) is 4.47. The van der Waals surface area contributed by atoms with E-state index in [0.717, 1.165) is 19.3 Å². The summed E-state index contributed by atoms with van der Waals surface area (Å²) in [5.74, 6) is 0. The Morgan fingerprint density at radius 1 is 1.17 bits per heavy atom. The Kier molecular flexibility index (Phi) is 11.0. The first kappa shape index (κ1) is 24.5. The Hall–Kier alpha value is -1.76. The van der Waals surface area contributed by atoms with Crippen molar-refractivity contribution in [3.8, 4) is 0 Å². The Morgan fingerprint density at radius 2 is 1.83 bits per heavy atom. The fourth-order valence-electron chi connectivity index (χ4n) is 3.07. The number of nitrogens with two attached hydrogens (primary N) is 1. The highest BCUT2D eigenvalue weighted by molar-refractivity contribution is 5.37. The maximum Gasteiger partial charge on any atom is 0.330 e. The van der Waals surface area contributed by atoms with Gasteiger partial charge in [0, 0.05) is 45.6 Å². The van der Waals surface area contributed by atoms with Gasteiger partial charge < -0.3 is 35.5 Å². The number of hydrogen-bond acceptors (Lipinski definition) is 9. The van der Waals surface area contributed by atoms with Crippen LogP contribution in [-0.2, 0) is 14.2 Å². The van der Waals surface area contributed by atoms with Gasteiger partial charge >= 0.3 is 5.69 Å². The molecule has 0 radical (unpaired) electrons. The van der Waals surface area contributed by atoms with Gasteiger partial charge in [0.15, 0.2) is 0 Å². The number of hydrogen-bond donors (Lipinski definition) is 5.